The summed E-state index contributed by atoms with van der Waals surface area (Å²) in [6, 6.07) is 0.555. The van der Waals surface area contributed by atoms with E-state index in [1.165, 1.54) is 180 Å². The number of hydrogen-bond acceptors (Lipinski definition) is 10. The zero-order valence-corrected chi connectivity index (χ0v) is 48.0. The highest BCUT2D eigenvalue weighted by Gasteiger charge is 2.74. The van der Waals surface area contributed by atoms with Gasteiger partial charge in [0.25, 0.3) is 0 Å². The number of hydrogen-bond donors (Lipinski definition) is 2. The van der Waals surface area contributed by atoms with Crippen LogP contribution in [-0.4, -0.2) is 91.6 Å². The number of nitrogens with zero attached hydrogens (tertiary/aromatic N) is 1. The molecule has 4 atom stereocenters. The second kappa shape index (κ2) is 50.3. The molecule has 3 unspecified atom stereocenters. The number of carbonyl (C=O) groups is 5. The first kappa shape index (κ1) is 72.5. The van der Waals surface area contributed by atoms with Gasteiger partial charge in [0.2, 0.25) is 11.6 Å². The van der Waals surface area contributed by atoms with E-state index in [1.807, 2.05) is 6.08 Å². The largest absolute Gasteiger partial charge is 0.462 e. The smallest absolute Gasteiger partial charge is 0.306 e. The van der Waals surface area contributed by atoms with Gasteiger partial charge in [0.15, 0.2) is 5.78 Å². The van der Waals surface area contributed by atoms with Gasteiger partial charge in [0.05, 0.1) is 18.1 Å². The van der Waals surface area contributed by atoms with Crippen molar-refractivity contribution < 1.29 is 34.9 Å². The average Bonchev–Trinajstić information content (AvgIpc) is 3.95. The van der Waals surface area contributed by atoms with Crippen molar-refractivity contribution in [3.05, 3.63) is 25.3 Å². The Labute approximate surface area is 452 Å². The summed E-state index contributed by atoms with van der Waals surface area (Å²) in [6.45, 7) is 22.3. The van der Waals surface area contributed by atoms with Gasteiger partial charge in [-0.2, -0.15) is 0 Å². The highest BCUT2D eigenvalue weighted by Crippen LogP contribution is 2.53. The van der Waals surface area contributed by atoms with E-state index < -0.39 is 0 Å². The number of unbranched alkanes of at least 4 members (excludes halogenated alkanes) is 25. The molecule has 0 aromatic rings. The van der Waals surface area contributed by atoms with Crippen LogP contribution in [0.1, 0.15) is 281 Å². The lowest BCUT2D eigenvalue weighted by atomic mass is 9.90. The molecule has 0 radical (unpaired) electrons. The molecule has 0 aromatic carbocycles. The van der Waals surface area contributed by atoms with Crippen molar-refractivity contribution in [1.82, 2.24) is 10.2 Å². The molecule has 0 aromatic heterocycles. The molecule has 0 bridgehead atoms. The van der Waals surface area contributed by atoms with Crippen LogP contribution in [0.3, 0.4) is 0 Å². The molecule has 430 valence electrons. The predicted octanol–water partition coefficient (Wildman–Crippen LogP) is 15.8. The van der Waals surface area contributed by atoms with Crippen LogP contribution in [0.25, 0.3) is 0 Å². The van der Waals surface area contributed by atoms with Crippen LogP contribution >= 0.6 is 0 Å². The van der Waals surface area contributed by atoms with E-state index in [9.17, 15) is 24.0 Å². The zero-order valence-electron chi connectivity index (χ0n) is 48.0. The van der Waals surface area contributed by atoms with Crippen molar-refractivity contribution in [3.63, 3.8) is 0 Å². The number of ketones is 4. The van der Waals surface area contributed by atoms with Crippen LogP contribution in [0.4, 0.5) is 0 Å². The van der Waals surface area contributed by atoms with E-state index in [4.69, 9.17) is 15.2 Å². The van der Waals surface area contributed by atoms with Crippen molar-refractivity contribution in [1.29, 1.82) is 0 Å². The van der Waals surface area contributed by atoms with Crippen molar-refractivity contribution in [3.8, 4) is 0 Å². The summed E-state index contributed by atoms with van der Waals surface area (Å²) >= 11 is 0. The second-order valence-electron chi connectivity index (χ2n) is 21.6. The van der Waals surface area contributed by atoms with Crippen molar-refractivity contribution in [2.75, 3.05) is 39.9 Å². The summed E-state index contributed by atoms with van der Waals surface area (Å²) in [5, 5.41) is 2.86. The minimum atomic E-state index is -0.378. The van der Waals surface area contributed by atoms with Crippen LogP contribution in [0.15, 0.2) is 25.3 Å². The lowest BCUT2D eigenvalue weighted by molar-refractivity contribution is -0.150. The third kappa shape index (κ3) is 38.6. The minimum absolute atomic E-state index is 0. The Bertz CT molecular complexity index is 1380. The van der Waals surface area contributed by atoms with Gasteiger partial charge >= 0.3 is 5.97 Å². The molecular formula is C63H121N3O7. The maximum absolute atomic E-state index is 12.6. The zero-order chi connectivity index (χ0) is 53.5. The Balaban J connectivity index is -0.00000130. The maximum atomic E-state index is 12.6. The summed E-state index contributed by atoms with van der Waals surface area (Å²) in [7, 11) is 1.73. The van der Waals surface area contributed by atoms with Crippen molar-refractivity contribution in [2.45, 2.75) is 297 Å². The number of carbonyl (C=O) groups excluding carboxylic acids is 5. The molecule has 10 nitrogen and oxygen atoms in total. The number of rotatable bonds is 45. The number of nitrogens with one attached hydrogen (secondary N) is 1. The normalized spacial score (nSPS) is 18.4. The minimum Gasteiger partial charge on any atom is -0.462 e. The average molecular weight is 1030 g/mol. The third-order valence-corrected chi connectivity index (χ3v) is 14.7. The van der Waals surface area contributed by atoms with Crippen LogP contribution < -0.4 is 11.1 Å². The number of allylic oxidation sites excluding steroid dienone is 2. The fourth-order valence-corrected chi connectivity index (χ4v) is 9.95. The monoisotopic (exact) mass is 1030 g/mol. The topological polar surface area (TPSA) is 145 Å². The summed E-state index contributed by atoms with van der Waals surface area (Å²) < 4.78 is 12.1. The molecule has 3 fully saturated rings. The SMILES string of the molecule is C.C=CC(=O)CCN.C=CCCCCCCCCCCC.CCCCCCCCC(CCCCCCCC)OC(=O)CCCCCCCOC[C@@H]1CC(C)CN1CCCCCC(C)=O.CNC12CC1C(=O)C2=O.[HH]. The second-order valence-corrected chi connectivity index (χ2v) is 21.6. The van der Waals surface area contributed by atoms with Gasteiger partial charge in [-0.1, -0.05) is 189 Å². The Morgan fingerprint density at radius 1 is 0.726 bits per heavy atom. The van der Waals surface area contributed by atoms with Gasteiger partial charge in [-0.05, 0) is 116 Å². The van der Waals surface area contributed by atoms with Crippen LogP contribution in [0, 0.1) is 11.8 Å². The highest BCUT2D eigenvalue weighted by molar-refractivity contribution is 6.52. The third-order valence-electron chi connectivity index (χ3n) is 14.7. The van der Waals surface area contributed by atoms with Gasteiger partial charge in [-0.3, -0.25) is 24.1 Å². The van der Waals surface area contributed by atoms with E-state index >= 15 is 0 Å². The number of Topliss-reactive ketones (excluding diaryl/α,β-unsaturated/α-hetero) is 3. The molecule has 3 N–H and O–H groups in total. The molecule has 0 amide bonds. The van der Waals surface area contributed by atoms with Gasteiger partial charge in [0, 0.05) is 39.9 Å². The molecule has 2 aliphatic carbocycles. The summed E-state index contributed by atoms with van der Waals surface area (Å²) in [6.07, 6.45) is 47.6. The van der Waals surface area contributed by atoms with Crippen LogP contribution in [0.5, 0.6) is 0 Å². The van der Waals surface area contributed by atoms with E-state index in [-0.39, 0.29) is 49.7 Å². The fourth-order valence-electron chi connectivity index (χ4n) is 9.95. The van der Waals surface area contributed by atoms with E-state index in [1.54, 1.807) is 14.0 Å². The standard InChI is InChI=1S/C38H73NO4.C13H26.C6H7NO2.C5H9NO.CH4.H2/c1-5-7-9-11-14-20-26-37(27-21-15-12-10-8-6-2)43-38(41)28-22-16-13-17-24-30-42-33-36-31-34(3)32-39(36)29-23-18-19-25-35(4)40;1-3-5-7-9-11-13-12-10-8-6-4-2;1-7-6-2-3(6)4(8)5(6)9;1-2-5(7)3-4-6;;/h34,36-37H,5-33H2,1-4H3;3H,1,4-13H2,2H3;3,7H,2H2,1H3;2H,1,3-4,6H2;1H4;1H/t34?,36-;;;;;/m0...../s1. The van der Waals surface area contributed by atoms with Gasteiger partial charge in [-0.15, -0.1) is 6.58 Å². The Morgan fingerprint density at radius 2 is 1.22 bits per heavy atom. The van der Waals surface area contributed by atoms with Crippen molar-refractivity contribution >= 4 is 29.1 Å². The summed E-state index contributed by atoms with van der Waals surface area (Å²) in [5.41, 5.74) is 4.66. The molecule has 1 saturated heterocycles. The number of likely N-dealkylation sites (N-methyl/N-ethyl adjacent to an activating group) is 1. The molecule has 1 aliphatic heterocycles. The first-order chi connectivity index (χ1) is 34.9. The molecule has 3 aliphatic rings. The quantitative estimate of drug-likeness (QED) is 0.0199. The first-order valence-corrected chi connectivity index (χ1v) is 30.1. The Morgan fingerprint density at radius 3 is 1.67 bits per heavy atom. The predicted molar refractivity (Wildman–Crippen MR) is 312 cm³/mol. The summed E-state index contributed by atoms with van der Waals surface area (Å²) in [5.74, 6) is 0.750. The van der Waals surface area contributed by atoms with Crippen LogP contribution in [-0.2, 0) is 33.4 Å². The lowest BCUT2D eigenvalue weighted by Crippen LogP contribution is -2.53. The van der Waals surface area contributed by atoms with E-state index in [0.717, 1.165) is 83.5 Å². The number of fused-ring (bicyclic) bond motifs is 1. The maximum Gasteiger partial charge on any atom is 0.306 e. The molecule has 73 heavy (non-hydrogen) atoms. The molecule has 10 heteroatoms. The van der Waals surface area contributed by atoms with Crippen LogP contribution in [0.2, 0.25) is 0 Å². The number of esters is 1. The number of ether oxygens (including phenoxy) is 2. The Hall–Kier alpha value is -2.53. The summed E-state index contributed by atoms with van der Waals surface area (Å²) in [4.78, 5) is 57.9. The van der Waals surface area contributed by atoms with E-state index in [0.29, 0.717) is 31.2 Å². The molecule has 3 rings (SSSR count). The highest BCUT2D eigenvalue weighted by atomic mass is 16.5. The lowest BCUT2D eigenvalue weighted by Gasteiger charge is -2.24. The molecule has 0 spiro atoms. The van der Waals surface area contributed by atoms with Gasteiger partial charge < -0.3 is 25.3 Å². The number of likely N-dealkylation sites (tertiary alicyclic amines) is 1. The van der Waals surface area contributed by atoms with E-state index in [2.05, 4.69) is 51.1 Å². The fraction of sp³-hybridized carbons (Fsp3) is 0.857. The van der Waals surface area contributed by atoms with Crippen molar-refractivity contribution in [2.24, 2.45) is 17.6 Å². The van der Waals surface area contributed by atoms with Gasteiger partial charge in [0.1, 0.15) is 11.9 Å². The first-order valence-electron chi connectivity index (χ1n) is 30.1. The Kier molecular flexibility index (Phi) is 50.0. The van der Waals surface area contributed by atoms with Gasteiger partial charge in [-0.25, -0.2) is 0 Å². The molecule has 2 saturated carbocycles. The molecular weight excluding hydrogens is 911 g/mol. The molecule has 1 heterocycles. The number of nitrogens with two attached hydrogens (primary N) is 1.